The Hall–Kier alpha value is -1.14. The molecule has 1 aromatic rings. The number of nitrogens with one attached hydrogen (secondary N) is 1. The molecule has 0 spiro atoms. The van der Waals surface area contributed by atoms with Crippen LogP contribution in [0.15, 0.2) is 0 Å². The summed E-state index contributed by atoms with van der Waals surface area (Å²) in [6, 6.07) is 0. The van der Waals surface area contributed by atoms with Crippen molar-refractivity contribution >= 4 is 0 Å². The first-order valence-corrected chi connectivity index (χ1v) is 5.55. The second-order valence-electron chi connectivity index (χ2n) is 3.47. The summed E-state index contributed by atoms with van der Waals surface area (Å²) in [6.45, 7) is 6.23. The van der Waals surface area contributed by atoms with Crippen molar-refractivity contribution < 1.29 is 22.7 Å². The van der Waals surface area contributed by atoms with Gasteiger partial charge in [-0.15, -0.1) is 0 Å². The molecule has 0 aliphatic carbocycles. The van der Waals surface area contributed by atoms with Gasteiger partial charge in [0.25, 0.3) is 0 Å². The number of aliphatic hydroxyl groups excluding tert-OH is 1. The van der Waals surface area contributed by atoms with Crippen LogP contribution in [-0.4, -0.2) is 18.2 Å². The predicted molar refractivity (Wildman–Crippen MR) is 61.2 cm³/mol. The topological polar surface area (TPSA) is 32.3 Å². The van der Waals surface area contributed by atoms with E-state index in [1.165, 1.54) is 0 Å². The molecule has 0 atom stereocenters. The SMILES string of the molecule is CCNCC.Cc1c(F)c(F)c(CO)c(F)c1F. The van der Waals surface area contributed by atoms with E-state index in [0.717, 1.165) is 20.0 Å². The van der Waals surface area contributed by atoms with Crippen molar-refractivity contribution in [1.29, 1.82) is 0 Å². The summed E-state index contributed by atoms with van der Waals surface area (Å²) in [7, 11) is 0. The highest BCUT2D eigenvalue weighted by Gasteiger charge is 2.21. The summed E-state index contributed by atoms with van der Waals surface area (Å²) < 4.78 is 51.0. The Morgan fingerprint density at radius 1 is 0.889 bits per heavy atom. The lowest BCUT2D eigenvalue weighted by molar-refractivity contribution is 0.262. The third-order valence-corrected chi connectivity index (χ3v) is 2.23. The summed E-state index contributed by atoms with van der Waals surface area (Å²) in [5.74, 6) is -6.02. The average Bonchev–Trinajstić information content (AvgIpc) is 2.36. The molecular weight excluding hydrogens is 250 g/mol. The normalized spacial score (nSPS) is 10.0. The maximum atomic E-state index is 12.8. The first kappa shape index (κ1) is 16.9. The lowest BCUT2D eigenvalue weighted by atomic mass is 10.1. The molecule has 0 aromatic heterocycles. The van der Waals surface area contributed by atoms with Gasteiger partial charge in [0.2, 0.25) is 0 Å². The molecule has 0 unspecified atom stereocenters. The number of halogens is 4. The third-order valence-electron chi connectivity index (χ3n) is 2.23. The van der Waals surface area contributed by atoms with Gasteiger partial charge in [0.1, 0.15) is 0 Å². The Kier molecular flexibility index (Phi) is 7.54. The number of benzene rings is 1. The molecule has 104 valence electrons. The Morgan fingerprint density at radius 3 is 1.50 bits per heavy atom. The lowest BCUT2D eigenvalue weighted by Crippen LogP contribution is -2.09. The van der Waals surface area contributed by atoms with E-state index in [-0.39, 0.29) is 0 Å². The van der Waals surface area contributed by atoms with Gasteiger partial charge in [-0.3, -0.25) is 0 Å². The summed E-state index contributed by atoms with van der Waals surface area (Å²) >= 11 is 0. The van der Waals surface area contributed by atoms with Crippen LogP contribution in [0.1, 0.15) is 25.0 Å². The zero-order chi connectivity index (χ0) is 14.3. The van der Waals surface area contributed by atoms with Crippen molar-refractivity contribution in [2.24, 2.45) is 0 Å². The Balaban J connectivity index is 0.000000494. The van der Waals surface area contributed by atoms with Crippen LogP contribution in [0.5, 0.6) is 0 Å². The van der Waals surface area contributed by atoms with Crippen LogP contribution in [0.25, 0.3) is 0 Å². The van der Waals surface area contributed by atoms with Crippen LogP contribution in [0.4, 0.5) is 17.6 Å². The minimum atomic E-state index is -1.54. The molecule has 0 radical (unpaired) electrons. The van der Waals surface area contributed by atoms with Gasteiger partial charge in [-0.1, -0.05) is 13.8 Å². The average molecular weight is 267 g/mol. The van der Waals surface area contributed by atoms with E-state index in [1.54, 1.807) is 0 Å². The largest absolute Gasteiger partial charge is 0.391 e. The predicted octanol–water partition coefficient (Wildman–Crippen LogP) is 2.66. The standard InChI is InChI=1S/C8H6F4O.C4H11N/c1-3-5(9)7(11)4(2-13)8(12)6(3)10;1-3-5-4-2/h13H,2H2,1H3;5H,3-4H2,1-2H3. The van der Waals surface area contributed by atoms with Crippen molar-refractivity contribution in [3.05, 3.63) is 34.4 Å². The molecule has 2 N–H and O–H groups in total. The van der Waals surface area contributed by atoms with E-state index in [9.17, 15) is 17.6 Å². The van der Waals surface area contributed by atoms with Crippen LogP contribution in [0, 0.1) is 30.2 Å². The van der Waals surface area contributed by atoms with E-state index >= 15 is 0 Å². The third kappa shape index (κ3) is 3.96. The van der Waals surface area contributed by atoms with Crippen LogP contribution in [0.2, 0.25) is 0 Å². The molecule has 2 nitrogen and oxygen atoms in total. The van der Waals surface area contributed by atoms with Crippen LogP contribution < -0.4 is 5.32 Å². The van der Waals surface area contributed by atoms with Gasteiger partial charge in [0, 0.05) is 5.56 Å². The van der Waals surface area contributed by atoms with Gasteiger partial charge in [0.05, 0.1) is 12.2 Å². The molecular formula is C12H17F4NO. The molecule has 0 heterocycles. The van der Waals surface area contributed by atoms with Gasteiger partial charge in [-0.25, -0.2) is 17.6 Å². The van der Waals surface area contributed by atoms with Crippen LogP contribution in [0.3, 0.4) is 0 Å². The minimum absolute atomic E-state index is 0.729. The highest BCUT2D eigenvalue weighted by atomic mass is 19.2. The van der Waals surface area contributed by atoms with Gasteiger partial charge in [-0.05, 0) is 20.0 Å². The molecule has 0 saturated carbocycles. The number of aliphatic hydroxyl groups is 1. The van der Waals surface area contributed by atoms with Crippen LogP contribution >= 0.6 is 0 Å². The van der Waals surface area contributed by atoms with Gasteiger partial charge in [0.15, 0.2) is 23.3 Å². The monoisotopic (exact) mass is 267 g/mol. The summed E-state index contributed by atoms with van der Waals surface area (Å²) in [5.41, 5.74) is -1.72. The zero-order valence-corrected chi connectivity index (χ0v) is 10.6. The smallest absolute Gasteiger partial charge is 0.167 e. The van der Waals surface area contributed by atoms with E-state index in [1.807, 2.05) is 0 Å². The molecule has 18 heavy (non-hydrogen) atoms. The Labute approximate surface area is 104 Å². The quantitative estimate of drug-likeness (QED) is 0.652. The number of hydrogen-bond donors (Lipinski definition) is 2. The second kappa shape index (κ2) is 8.05. The molecule has 0 bridgehead atoms. The molecule has 0 fully saturated rings. The maximum absolute atomic E-state index is 12.8. The molecule has 1 aromatic carbocycles. The fraction of sp³-hybridized carbons (Fsp3) is 0.500. The van der Waals surface area contributed by atoms with Crippen molar-refractivity contribution in [2.75, 3.05) is 13.1 Å². The minimum Gasteiger partial charge on any atom is -0.391 e. The molecule has 0 aliphatic heterocycles. The second-order valence-corrected chi connectivity index (χ2v) is 3.47. The van der Waals surface area contributed by atoms with E-state index < -0.39 is 41.0 Å². The lowest BCUT2D eigenvalue weighted by Gasteiger charge is -2.06. The summed E-state index contributed by atoms with van der Waals surface area (Å²) in [4.78, 5) is 0. The first-order chi connectivity index (χ1) is 8.42. The summed E-state index contributed by atoms with van der Waals surface area (Å²) in [5, 5.41) is 11.5. The molecule has 0 aliphatic rings. The maximum Gasteiger partial charge on any atom is 0.167 e. The van der Waals surface area contributed by atoms with Crippen molar-refractivity contribution in [1.82, 2.24) is 5.32 Å². The Bertz CT molecular complexity index is 365. The highest BCUT2D eigenvalue weighted by Crippen LogP contribution is 2.23. The zero-order valence-electron chi connectivity index (χ0n) is 10.6. The summed E-state index contributed by atoms with van der Waals surface area (Å²) in [6.07, 6.45) is 0. The first-order valence-electron chi connectivity index (χ1n) is 5.55. The van der Waals surface area contributed by atoms with Crippen molar-refractivity contribution in [3.8, 4) is 0 Å². The van der Waals surface area contributed by atoms with E-state index in [2.05, 4.69) is 19.2 Å². The highest BCUT2D eigenvalue weighted by molar-refractivity contribution is 5.28. The van der Waals surface area contributed by atoms with Crippen LogP contribution in [-0.2, 0) is 6.61 Å². The van der Waals surface area contributed by atoms with Gasteiger partial charge < -0.3 is 10.4 Å². The van der Waals surface area contributed by atoms with E-state index in [0.29, 0.717) is 0 Å². The van der Waals surface area contributed by atoms with Crippen molar-refractivity contribution in [2.45, 2.75) is 27.4 Å². The molecule has 1 rings (SSSR count). The molecule has 0 saturated heterocycles. The molecule has 0 amide bonds. The van der Waals surface area contributed by atoms with E-state index in [4.69, 9.17) is 5.11 Å². The number of hydrogen-bond acceptors (Lipinski definition) is 2. The van der Waals surface area contributed by atoms with Gasteiger partial charge in [-0.2, -0.15) is 0 Å². The number of rotatable bonds is 3. The Morgan fingerprint density at radius 2 is 1.28 bits per heavy atom. The molecule has 6 heteroatoms. The van der Waals surface area contributed by atoms with Gasteiger partial charge >= 0.3 is 0 Å². The fourth-order valence-electron chi connectivity index (χ4n) is 1.18. The fourth-order valence-corrected chi connectivity index (χ4v) is 1.18. The van der Waals surface area contributed by atoms with Crippen molar-refractivity contribution in [3.63, 3.8) is 0 Å².